The summed E-state index contributed by atoms with van der Waals surface area (Å²) in [5.41, 5.74) is 0.848. The van der Waals surface area contributed by atoms with Gasteiger partial charge in [-0.05, 0) is 37.0 Å². The van der Waals surface area contributed by atoms with E-state index in [4.69, 9.17) is 0 Å². The third kappa shape index (κ3) is 4.19. The smallest absolute Gasteiger partial charge is 0.310 e. The van der Waals surface area contributed by atoms with Crippen LogP contribution in [0.4, 0.5) is 17.6 Å². The van der Waals surface area contributed by atoms with Crippen molar-refractivity contribution in [2.24, 2.45) is 5.92 Å². The van der Waals surface area contributed by atoms with Gasteiger partial charge in [0.05, 0.1) is 5.92 Å². The molecule has 0 heterocycles. The minimum Gasteiger partial charge on any atom is -0.310 e. The lowest BCUT2D eigenvalue weighted by molar-refractivity contribution is -0.183. The van der Waals surface area contributed by atoms with Crippen LogP contribution in [0.15, 0.2) is 22.7 Å². The maximum atomic E-state index is 12.9. The highest BCUT2D eigenvalue weighted by Gasteiger charge is 2.41. The molecule has 2 rings (SSSR count). The van der Waals surface area contributed by atoms with Crippen molar-refractivity contribution in [3.63, 3.8) is 0 Å². The standard InChI is InChI=1S/C14H16BrF4N/c15-13-7-11(16)5-4-9(13)8-20-12-3-1-2-10(6-12)14(17,18)19/h4-5,7,10,12,20H,1-3,6,8H2. The largest absolute Gasteiger partial charge is 0.391 e. The third-order valence-corrected chi connectivity index (χ3v) is 4.47. The van der Waals surface area contributed by atoms with Gasteiger partial charge in [0, 0.05) is 17.1 Å². The van der Waals surface area contributed by atoms with E-state index in [1.54, 1.807) is 6.07 Å². The molecule has 1 aromatic carbocycles. The fourth-order valence-corrected chi connectivity index (χ4v) is 3.08. The van der Waals surface area contributed by atoms with Crippen LogP contribution in [0, 0.1) is 11.7 Å². The second kappa shape index (κ2) is 6.43. The zero-order chi connectivity index (χ0) is 14.8. The Balaban J connectivity index is 1.90. The maximum Gasteiger partial charge on any atom is 0.391 e. The van der Waals surface area contributed by atoms with Gasteiger partial charge in [-0.25, -0.2) is 4.39 Å². The Morgan fingerprint density at radius 2 is 2.00 bits per heavy atom. The minimum atomic E-state index is -4.10. The van der Waals surface area contributed by atoms with Crippen LogP contribution in [0.2, 0.25) is 0 Å². The van der Waals surface area contributed by atoms with Crippen molar-refractivity contribution in [2.75, 3.05) is 0 Å². The van der Waals surface area contributed by atoms with Crippen molar-refractivity contribution in [1.29, 1.82) is 0 Å². The number of benzene rings is 1. The van der Waals surface area contributed by atoms with E-state index < -0.39 is 12.1 Å². The van der Waals surface area contributed by atoms with Crippen LogP contribution >= 0.6 is 15.9 Å². The van der Waals surface area contributed by atoms with Crippen molar-refractivity contribution in [3.8, 4) is 0 Å². The van der Waals surface area contributed by atoms with Crippen LogP contribution in [0.25, 0.3) is 0 Å². The van der Waals surface area contributed by atoms with E-state index >= 15 is 0 Å². The van der Waals surface area contributed by atoms with E-state index in [9.17, 15) is 17.6 Å². The Morgan fingerprint density at radius 3 is 2.65 bits per heavy atom. The lowest BCUT2D eigenvalue weighted by Gasteiger charge is -2.31. The molecule has 0 radical (unpaired) electrons. The highest BCUT2D eigenvalue weighted by atomic mass is 79.9. The lowest BCUT2D eigenvalue weighted by Crippen LogP contribution is -2.38. The summed E-state index contributed by atoms with van der Waals surface area (Å²) >= 11 is 3.26. The molecule has 0 amide bonds. The second-order valence-corrected chi connectivity index (χ2v) is 6.07. The number of rotatable bonds is 3. The van der Waals surface area contributed by atoms with Crippen LogP contribution in [0.1, 0.15) is 31.2 Å². The molecule has 2 unspecified atom stereocenters. The summed E-state index contributed by atoms with van der Waals surface area (Å²) in [6.07, 6.45) is -2.40. The van der Waals surface area contributed by atoms with Crippen molar-refractivity contribution < 1.29 is 17.6 Å². The topological polar surface area (TPSA) is 12.0 Å². The van der Waals surface area contributed by atoms with Gasteiger partial charge >= 0.3 is 6.18 Å². The van der Waals surface area contributed by atoms with Gasteiger partial charge in [-0.3, -0.25) is 0 Å². The first-order chi connectivity index (χ1) is 9.36. The molecule has 20 heavy (non-hydrogen) atoms. The summed E-state index contributed by atoms with van der Waals surface area (Å²) in [5, 5.41) is 3.15. The van der Waals surface area contributed by atoms with Gasteiger partial charge in [0.25, 0.3) is 0 Å². The van der Waals surface area contributed by atoms with E-state index in [1.165, 1.54) is 12.1 Å². The molecule has 1 nitrogen and oxygen atoms in total. The van der Waals surface area contributed by atoms with Gasteiger partial charge in [-0.15, -0.1) is 0 Å². The molecule has 1 saturated carbocycles. The lowest BCUT2D eigenvalue weighted by atomic mass is 9.85. The molecule has 0 aromatic heterocycles. The molecule has 2 atom stereocenters. The van der Waals surface area contributed by atoms with E-state index in [2.05, 4.69) is 21.2 Å². The quantitative estimate of drug-likeness (QED) is 0.769. The first-order valence-electron chi connectivity index (χ1n) is 6.60. The fraction of sp³-hybridized carbons (Fsp3) is 0.571. The van der Waals surface area contributed by atoms with Crippen LogP contribution in [-0.4, -0.2) is 12.2 Å². The Hall–Kier alpha value is -0.620. The Kier molecular flexibility index (Phi) is 5.07. The minimum absolute atomic E-state index is 0.127. The molecule has 1 N–H and O–H groups in total. The fourth-order valence-electron chi connectivity index (χ4n) is 2.59. The molecule has 0 aliphatic heterocycles. The first-order valence-corrected chi connectivity index (χ1v) is 7.39. The summed E-state index contributed by atoms with van der Waals surface area (Å²) in [4.78, 5) is 0. The van der Waals surface area contributed by atoms with Gasteiger partial charge in [0.2, 0.25) is 0 Å². The Labute approximate surface area is 123 Å². The predicted octanol–water partition coefficient (Wildman–Crippen LogP) is 4.80. The highest BCUT2D eigenvalue weighted by Crippen LogP contribution is 2.37. The summed E-state index contributed by atoms with van der Waals surface area (Å²) in [6.45, 7) is 0.441. The van der Waals surface area contributed by atoms with Gasteiger partial charge in [-0.1, -0.05) is 28.4 Å². The SMILES string of the molecule is Fc1ccc(CNC2CCCC(C(F)(F)F)C2)c(Br)c1. The average molecular weight is 354 g/mol. The zero-order valence-corrected chi connectivity index (χ0v) is 12.4. The normalized spacial score (nSPS) is 23.9. The number of hydrogen-bond donors (Lipinski definition) is 1. The molecule has 0 bridgehead atoms. The second-order valence-electron chi connectivity index (χ2n) is 5.22. The Bertz CT molecular complexity index is 461. The first kappa shape index (κ1) is 15.8. The molecule has 1 aliphatic carbocycles. The average Bonchev–Trinajstić information content (AvgIpc) is 2.37. The molecule has 6 heteroatoms. The molecule has 0 saturated heterocycles. The van der Waals surface area contributed by atoms with Crippen molar-refractivity contribution in [2.45, 2.75) is 44.4 Å². The highest BCUT2D eigenvalue weighted by molar-refractivity contribution is 9.10. The van der Waals surface area contributed by atoms with Crippen LogP contribution in [-0.2, 0) is 6.54 Å². The van der Waals surface area contributed by atoms with Gasteiger partial charge in [-0.2, -0.15) is 13.2 Å². The van der Waals surface area contributed by atoms with Gasteiger partial charge < -0.3 is 5.32 Å². The van der Waals surface area contributed by atoms with Crippen molar-refractivity contribution >= 4 is 15.9 Å². The zero-order valence-electron chi connectivity index (χ0n) is 10.8. The molecule has 0 spiro atoms. The summed E-state index contributed by atoms with van der Waals surface area (Å²) < 4.78 is 51.7. The molecule has 112 valence electrons. The van der Waals surface area contributed by atoms with Crippen LogP contribution in [0.3, 0.4) is 0 Å². The predicted molar refractivity (Wildman–Crippen MR) is 72.7 cm³/mol. The summed E-state index contributed by atoms with van der Waals surface area (Å²) in [6, 6.07) is 4.21. The molecular weight excluding hydrogens is 338 g/mol. The van der Waals surface area contributed by atoms with E-state index in [-0.39, 0.29) is 24.7 Å². The maximum absolute atomic E-state index is 12.9. The van der Waals surface area contributed by atoms with Gasteiger partial charge in [0.15, 0.2) is 0 Å². The molecule has 1 aromatic rings. The summed E-state index contributed by atoms with van der Waals surface area (Å²) in [5.74, 6) is -1.54. The third-order valence-electron chi connectivity index (χ3n) is 3.73. The number of alkyl halides is 3. The van der Waals surface area contributed by atoms with Crippen molar-refractivity contribution in [1.82, 2.24) is 5.32 Å². The van der Waals surface area contributed by atoms with E-state index in [0.717, 1.165) is 12.0 Å². The number of hydrogen-bond acceptors (Lipinski definition) is 1. The van der Waals surface area contributed by atoms with Crippen LogP contribution in [0.5, 0.6) is 0 Å². The van der Waals surface area contributed by atoms with Gasteiger partial charge in [0.1, 0.15) is 5.82 Å². The molecule has 1 aliphatic rings. The monoisotopic (exact) mass is 353 g/mol. The summed E-state index contributed by atoms with van der Waals surface area (Å²) in [7, 11) is 0. The van der Waals surface area contributed by atoms with Crippen molar-refractivity contribution in [3.05, 3.63) is 34.1 Å². The molecular formula is C14H16BrF4N. The number of nitrogens with one attached hydrogen (secondary N) is 1. The van der Waals surface area contributed by atoms with Crippen LogP contribution < -0.4 is 5.32 Å². The van der Waals surface area contributed by atoms with E-state index in [0.29, 0.717) is 17.4 Å². The van der Waals surface area contributed by atoms with E-state index in [1.807, 2.05) is 0 Å². The Morgan fingerprint density at radius 1 is 1.25 bits per heavy atom. The number of halogens is 5. The molecule has 1 fully saturated rings.